The van der Waals surface area contributed by atoms with Crippen molar-refractivity contribution in [1.29, 1.82) is 0 Å². The molecule has 1 aromatic carbocycles. The third kappa shape index (κ3) is 7.94. The lowest BCUT2D eigenvalue weighted by Gasteiger charge is -2.15. The molecule has 0 amide bonds. The normalized spacial score (nSPS) is 11.1. The number of unbranched alkanes of at least 4 members (excludes halogenated alkanes) is 9. The van der Waals surface area contributed by atoms with E-state index in [1.807, 2.05) is 6.92 Å². The zero-order valence-electron chi connectivity index (χ0n) is 17.8. The zero-order valence-corrected chi connectivity index (χ0v) is 17.8. The van der Waals surface area contributed by atoms with Crippen molar-refractivity contribution in [2.45, 2.75) is 111 Å². The third-order valence-electron chi connectivity index (χ3n) is 5.43. The highest BCUT2D eigenvalue weighted by Gasteiger charge is 2.20. The van der Waals surface area contributed by atoms with Crippen LogP contribution in [-0.4, -0.2) is 16.0 Å². The zero-order chi connectivity index (χ0) is 20.1. The summed E-state index contributed by atoms with van der Waals surface area (Å²) in [5, 5.41) is 20.6. The van der Waals surface area contributed by atoms with E-state index in [0.29, 0.717) is 36.0 Å². The molecule has 27 heavy (non-hydrogen) atoms. The first-order valence-corrected chi connectivity index (χ1v) is 11.2. The summed E-state index contributed by atoms with van der Waals surface area (Å²) in [5.41, 5.74) is 1.91. The van der Waals surface area contributed by atoms with Crippen LogP contribution in [0, 0.1) is 0 Å². The largest absolute Gasteiger partial charge is 0.504 e. The Hall–Kier alpha value is -1.51. The number of rotatable bonds is 15. The van der Waals surface area contributed by atoms with Gasteiger partial charge in [0.05, 0.1) is 0 Å². The Morgan fingerprint density at radius 3 is 1.89 bits per heavy atom. The highest BCUT2D eigenvalue weighted by molar-refractivity contribution is 5.98. The Labute approximate surface area is 166 Å². The van der Waals surface area contributed by atoms with Gasteiger partial charge < -0.3 is 10.2 Å². The number of benzene rings is 1. The Bertz CT molecular complexity index is 563. The summed E-state index contributed by atoms with van der Waals surface area (Å²) in [6, 6.07) is 1.80. The van der Waals surface area contributed by atoms with Crippen LogP contribution in [0.2, 0.25) is 0 Å². The molecule has 0 fully saturated rings. The second-order valence-electron chi connectivity index (χ2n) is 7.72. The number of carbonyl (C=O) groups excluding carboxylic acids is 1. The highest BCUT2D eigenvalue weighted by atomic mass is 16.3. The van der Waals surface area contributed by atoms with E-state index < -0.39 is 0 Å². The van der Waals surface area contributed by atoms with Crippen LogP contribution < -0.4 is 0 Å². The van der Waals surface area contributed by atoms with Gasteiger partial charge in [0.2, 0.25) is 0 Å². The van der Waals surface area contributed by atoms with Gasteiger partial charge in [-0.25, -0.2) is 0 Å². The predicted molar refractivity (Wildman–Crippen MR) is 114 cm³/mol. The van der Waals surface area contributed by atoms with Crippen molar-refractivity contribution >= 4 is 5.78 Å². The molecular weight excluding hydrogens is 336 g/mol. The summed E-state index contributed by atoms with van der Waals surface area (Å²) >= 11 is 0. The van der Waals surface area contributed by atoms with E-state index in [1.165, 1.54) is 44.9 Å². The van der Waals surface area contributed by atoms with Gasteiger partial charge in [-0.15, -0.1) is 0 Å². The number of aromatic hydroxyl groups is 2. The van der Waals surface area contributed by atoms with Crippen LogP contribution in [0.4, 0.5) is 0 Å². The fourth-order valence-electron chi connectivity index (χ4n) is 3.61. The smallest absolute Gasteiger partial charge is 0.163 e. The standard InChI is InChI=1S/C24H40O3/c1-4-7-9-10-11-12-13-14-15-17-22(25)21-18-19(6-3)23(26)24(27)20(21)16-8-5-2/h18,26-27H,4-17H2,1-3H3. The van der Waals surface area contributed by atoms with Gasteiger partial charge in [-0.3, -0.25) is 4.79 Å². The molecule has 0 heterocycles. The molecule has 0 aromatic heterocycles. The summed E-state index contributed by atoms with van der Waals surface area (Å²) in [5.74, 6) is -0.0319. The number of hydrogen-bond donors (Lipinski definition) is 2. The number of Topliss-reactive ketones (excluding diaryl/α,β-unsaturated/α-hetero) is 1. The SMILES string of the molecule is CCCCCCCCCCCC(=O)c1cc(CC)c(O)c(O)c1CCCC. The Kier molecular flexibility index (Phi) is 11.9. The van der Waals surface area contributed by atoms with Crippen molar-refractivity contribution in [2.75, 3.05) is 0 Å². The molecule has 0 aliphatic heterocycles. The maximum Gasteiger partial charge on any atom is 0.163 e. The molecule has 0 unspecified atom stereocenters. The molecule has 154 valence electrons. The fourth-order valence-corrected chi connectivity index (χ4v) is 3.61. The third-order valence-corrected chi connectivity index (χ3v) is 5.43. The van der Waals surface area contributed by atoms with Crippen molar-refractivity contribution in [1.82, 2.24) is 0 Å². The highest BCUT2D eigenvalue weighted by Crippen LogP contribution is 2.37. The molecule has 0 aliphatic rings. The molecule has 0 saturated heterocycles. The monoisotopic (exact) mass is 376 g/mol. The molecule has 2 N–H and O–H groups in total. The Morgan fingerprint density at radius 1 is 0.778 bits per heavy atom. The maximum atomic E-state index is 12.8. The summed E-state index contributed by atoms with van der Waals surface area (Å²) < 4.78 is 0. The van der Waals surface area contributed by atoms with E-state index in [9.17, 15) is 15.0 Å². The summed E-state index contributed by atoms with van der Waals surface area (Å²) in [6.45, 7) is 6.25. The molecule has 0 saturated carbocycles. The number of aryl methyl sites for hydroxylation is 1. The second-order valence-corrected chi connectivity index (χ2v) is 7.72. The van der Waals surface area contributed by atoms with E-state index in [2.05, 4.69) is 13.8 Å². The van der Waals surface area contributed by atoms with Crippen molar-refractivity contribution in [3.05, 3.63) is 22.8 Å². The minimum absolute atomic E-state index is 0.0526. The van der Waals surface area contributed by atoms with Gasteiger partial charge in [-0.2, -0.15) is 0 Å². The average molecular weight is 377 g/mol. The van der Waals surface area contributed by atoms with Crippen molar-refractivity contribution in [3.63, 3.8) is 0 Å². The summed E-state index contributed by atoms with van der Waals surface area (Å²) in [4.78, 5) is 12.8. The van der Waals surface area contributed by atoms with E-state index in [-0.39, 0.29) is 17.3 Å². The number of ketones is 1. The van der Waals surface area contributed by atoms with Crippen LogP contribution in [0.1, 0.15) is 119 Å². The molecule has 3 heteroatoms. The lowest BCUT2D eigenvalue weighted by molar-refractivity contribution is 0.0977. The number of phenols is 2. The van der Waals surface area contributed by atoms with Crippen LogP contribution in [0.15, 0.2) is 6.07 Å². The van der Waals surface area contributed by atoms with E-state index in [4.69, 9.17) is 0 Å². The second kappa shape index (κ2) is 13.6. The van der Waals surface area contributed by atoms with Gasteiger partial charge in [0.1, 0.15) is 0 Å². The Morgan fingerprint density at radius 2 is 1.33 bits per heavy atom. The average Bonchev–Trinajstić information content (AvgIpc) is 2.67. The number of carbonyl (C=O) groups is 1. The lowest BCUT2D eigenvalue weighted by Crippen LogP contribution is -2.06. The minimum Gasteiger partial charge on any atom is -0.504 e. The van der Waals surface area contributed by atoms with Crippen LogP contribution in [0.3, 0.4) is 0 Å². The fraction of sp³-hybridized carbons (Fsp3) is 0.708. The van der Waals surface area contributed by atoms with Gasteiger partial charge in [-0.1, -0.05) is 78.6 Å². The first-order chi connectivity index (χ1) is 13.1. The van der Waals surface area contributed by atoms with E-state index in [0.717, 1.165) is 25.7 Å². The van der Waals surface area contributed by atoms with Gasteiger partial charge in [0.25, 0.3) is 0 Å². The molecular formula is C24H40O3. The van der Waals surface area contributed by atoms with Crippen molar-refractivity contribution in [2.24, 2.45) is 0 Å². The number of hydrogen-bond acceptors (Lipinski definition) is 3. The van der Waals surface area contributed by atoms with Crippen LogP contribution in [0.25, 0.3) is 0 Å². The van der Waals surface area contributed by atoms with Gasteiger partial charge in [0, 0.05) is 17.5 Å². The Balaban J connectivity index is 2.56. The molecule has 0 aliphatic carbocycles. The summed E-state index contributed by atoms with van der Waals surface area (Å²) in [6.07, 6.45) is 14.7. The van der Waals surface area contributed by atoms with Crippen molar-refractivity contribution in [3.8, 4) is 11.5 Å². The quantitative estimate of drug-likeness (QED) is 0.195. The lowest BCUT2D eigenvalue weighted by atomic mass is 9.92. The molecule has 0 radical (unpaired) electrons. The first-order valence-electron chi connectivity index (χ1n) is 11.2. The first kappa shape index (κ1) is 23.5. The molecule has 1 aromatic rings. The molecule has 0 spiro atoms. The molecule has 3 nitrogen and oxygen atoms in total. The van der Waals surface area contributed by atoms with Gasteiger partial charge >= 0.3 is 0 Å². The number of phenolic OH excluding ortho intramolecular Hbond substituents is 2. The van der Waals surface area contributed by atoms with Crippen molar-refractivity contribution < 1.29 is 15.0 Å². The van der Waals surface area contributed by atoms with Crippen LogP contribution in [-0.2, 0) is 12.8 Å². The van der Waals surface area contributed by atoms with Crippen LogP contribution in [0.5, 0.6) is 11.5 Å². The van der Waals surface area contributed by atoms with Gasteiger partial charge in [-0.05, 0) is 37.3 Å². The minimum atomic E-state index is -0.0850. The maximum absolute atomic E-state index is 12.8. The molecule has 0 bridgehead atoms. The summed E-state index contributed by atoms with van der Waals surface area (Å²) in [7, 11) is 0. The predicted octanol–water partition coefficient (Wildman–Crippen LogP) is 7.11. The molecule has 1 rings (SSSR count). The van der Waals surface area contributed by atoms with E-state index >= 15 is 0 Å². The topological polar surface area (TPSA) is 57.5 Å². The molecule has 0 atom stereocenters. The van der Waals surface area contributed by atoms with Crippen LogP contribution >= 0.6 is 0 Å². The van der Waals surface area contributed by atoms with Gasteiger partial charge in [0.15, 0.2) is 17.3 Å². The van der Waals surface area contributed by atoms with E-state index in [1.54, 1.807) is 6.07 Å².